The molecule has 1 aliphatic heterocycles. The summed E-state index contributed by atoms with van der Waals surface area (Å²) in [5.41, 5.74) is 1.11. The van der Waals surface area contributed by atoms with Crippen molar-refractivity contribution in [2.75, 3.05) is 38.7 Å². The lowest BCUT2D eigenvalue weighted by Crippen LogP contribution is -2.25. The Morgan fingerprint density at radius 2 is 1.91 bits per heavy atom. The van der Waals surface area contributed by atoms with Gasteiger partial charge in [-0.25, -0.2) is 13.8 Å². The summed E-state index contributed by atoms with van der Waals surface area (Å²) >= 11 is 0. The number of alkyl halides is 2. The van der Waals surface area contributed by atoms with Crippen molar-refractivity contribution in [2.24, 2.45) is 5.92 Å². The molecule has 0 bridgehead atoms. The summed E-state index contributed by atoms with van der Waals surface area (Å²) in [6, 6.07) is 11.6. The third-order valence-corrected chi connectivity index (χ3v) is 6.33. The number of nitrogens with zero attached hydrogens (tertiary/aromatic N) is 3. The van der Waals surface area contributed by atoms with E-state index in [9.17, 15) is 13.6 Å². The number of rotatable bonds is 9. The summed E-state index contributed by atoms with van der Waals surface area (Å²) in [6.45, 7) is 3.62. The molecule has 2 fully saturated rings. The highest BCUT2D eigenvalue weighted by molar-refractivity contribution is 5.76. The van der Waals surface area contributed by atoms with Gasteiger partial charge in [-0.1, -0.05) is 19.1 Å². The van der Waals surface area contributed by atoms with Crippen molar-refractivity contribution in [1.82, 2.24) is 9.88 Å². The number of halogens is 2. The van der Waals surface area contributed by atoms with Crippen LogP contribution in [0.5, 0.6) is 11.5 Å². The molecule has 178 valence electrons. The van der Waals surface area contributed by atoms with Crippen molar-refractivity contribution in [3.8, 4) is 11.5 Å². The van der Waals surface area contributed by atoms with Crippen LogP contribution in [-0.4, -0.2) is 61.6 Å². The van der Waals surface area contributed by atoms with Crippen molar-refractivity contribution in [3.63, 3.8) is 0 Å². The molecule has 2 aromatic rings. The molecule has 1 aromatic carbocycles. The Kier molecular flexibility index (Phi) is 6.72. The van der Waals surface area contributed by atoms with E-state index in [1.54, 1.807) is 31.3 Å². The number of hydrogen-bond acceptors (Lipinski definition) is 5. The fourth-order valence-corrected chi connectivity index (χ4v) is 3.95. The van der Waals surface area contributed by atoms with Crippen molar-refractivity contribution >= 4 is 11.7 Å². The van der Waals surface area contributed by atoms with Gasteiger partial charge in [0, 0.05) is 39.9 Å². The van der Waals surface area contributed by atoms with Crippen LogP contribution in [0.1, 0.15) is 37.7 Å². The molecule has 4 rings (SSSR count). The SMILES string of the molecule is C[C@H](CC(=O)N(C)C)c1ccc(OC2CCN(c3ccc(OCC4CC4(F)F)cn3)C2)cc1. The van der Waals surface area contributed by atoms with Crippen LogP contribution in [-0.2, 0) is 4.79 Å². The Morgan fingerprint density at radius 1 is 1.21 bits per heavy atom. The molecule has 6 nitrogen and oxygen atoms in total. The third kappa shape index (κ3) is 5.92. The summed E-state index contributed by atoms with van der Waals surface area (Å²) < 4.78 is 37.5. The number of pyridine rings is 1. The van der Waals surface area contributed by atoms with Gasteiger partial charge in [-0.05, 0) is 35.7 Å². The largest absolute Gasteiger partial charge is 0.491 e. The number of hydrogen-bond donors (Lipinski definition) is 0. The number of carbonyl (C=O) groups is 1. The van der Waals surface area contributed by atoms with Gasteiger partial charge in [0.15, 0.2) is 0 Å². The summed E-state index contributed by atoms with van der Waals surface area (Å²) in [5, 5.41) is 0. The maximum atomic E-state index is 13.0. The number of benzene rings is 1. The van der Waals surface area contributed by atoms with Crippen molar-refractivity contribution in [1.29, 1.82) is 0 Å². The first-order chi connectivity index (χ1) is 15.7. The summed E-state index contributed by atoms with van der Waals surface area (Å²) in [4.78, 5) is 20.1. The second-order valence-electron chi connectivity index (χ2n) is 9.26. The van der Waals surface area contributed by atoms with Gasteiger partial charge >= 0.3 is 0 Å². The monoisotopic (exact) mass is 459 g/mol. The lowest BCUT2D eigenvalue weighted by molar-refractivity contribution is -0.129. The first-order valence-corrected chi connectivity index (χ1v) is 11.4. The van der Waals surface area contributed by atoms with E-state index in [4.69, 9.17) is 9.47 Å². The first-order valence-electron chi connectivity index (χ1n) is 11.4. The molecular weight excluding hydrogens is 428 g/mol. The minimum absolute atomic E-state index is 0.0250. The number of ether oxygens (including phenoxy) is 2. The zero-order chi connectivity index (χ0) is 23.6. The molecule has 8 heteroatoms. The fourth-order valence-electron chi connectivity index (χ4n) is 3.95. The van der Waals surface area contributed by atoms with Gasteiger partial charge in [0.1, 0.15) is 23.4 Å². The second-order valence-corrected chi connectivity index (χ2v) is 9.26. The standard InChI is InChI=1S/C25H31F2N3O3/c1-17(12-24(31)29(2)3)18-4-6-20(7-5-18)33-22-10-11-30(15-22)23-9-8-21(14-28-23)32-16-19-13-25(19,26)27/h4-9,14,17,19,22H,10-13,15-16H2,1-3H3/t17-,19?,22?/m1/s1. The Labute approximate surface area is 193 Å². The topological polar surface area (TPSA) is 54.9 Å². The van der Waals surface area contributed by atoms with Gasteiger partial charge in [-0.15, -0.1) is 0 Å². The van der Waals surface area contributed by atoms with Gasteiger partial charge in [0.25, 0.3) is 5.92 Å². The van der Waals surface area contributed by atoms with Crippen molar-refractivity contribution in [2.45, 2.75) is 44.1 Å². The predicted octanol–water partition coefficient (Wildman–Crippen LogP) is 4.36. The van der Waals surface area contributed by atoms with Crippen LogP contribution in [0, 0.1) is 5.92 Å². The Morgan fingerprint density at radius 3 is 2.52 bits per heavy atom. The van der Waals surface area contributed by atoms with E-state index in [1.807, 2.05) is 30.3 Å². The van der Waals surface area contributed by atoms with Crippen LogP contribution in [0.15, 0.2) is 42.6 Å². The van der Waals surface area contributed by atoms with Crippen LogP contribution in [0.4, 0.5) is 14.6 Å². The van der Waals surface area contributed by atoms with Crippen molar-refractivity contribution < 1.29 is 23.0 Å². The molecule has 2 aliphatic rings. The first kappa shape index (κ1) is 23.3. The van der Waals surface area contributed by atoms with Crippen LogP contribution in [0.25, 0.3) is 0 Å². The predicted molar refractivity (Wildman–Crippen MR) is 122 cm³/mol. The van der Waals surface area contributed by atoms with Gasteiger partial charge < -0.3 is 19.3 Å². The Bertz CT molecular complexity index is 950. The summed E-state index contributed by atoms with van der Waals surface area (Å²) in [6.07, 6.45) is 2.91. The molecule has 0 radical (unpaired) electrons. The highest BCUT2D eigenvalue weighted by atomic mass is 19.3. The average Bonchev–Trinajstić information content (AvgIpc) is 3.16. The van der Waals surface area contributed by atoms with Gasteiger partial charge in [-0.3, -0.25) is 4.79 Å². The van der Waals surface area contributed by atoms with E-state index in [0.29, 0.717) is 12.2 Å². The maximum Gasteiger partial charge on any atom is 0.255 e. The summed E-state index contributed by atoms with van der Waals surface area (Å²) in [5.74, 6) is -0.838. The molecule has 2 unspecified atom stereocenters. The molecule has 33 heavy (non-hydrogen) atoms. The normalized spacial score (nSPS) is 22.0. The van der Waals surface area contributed by atoms with Crippen LogP contribution < -0.4 is 14.4 Å². The zero-order valence-corrected chi connectivity index (χ0v) is 19.3. The quantitative estimate of drug-likeness (QED) is 0.558. The maximum absolute atomic E-state index is 13.0. The van der Waals surface area contributed by atoms with Crippen LogP contribution in [0.3, 0.4) is 0 Å². The van der Waals surface area contributed by atoms with E-state index in [2.05, 4.69) is 16.8 Å². The molecular formula is C25H31F2N3O3. The number of aromatic nitrogens is 1. The number of anilines is 1. The fraction of sp³-hybridized carbons (Fsp3) is 0.520. The highest BCUT2D eigenvalue weighted by Gasteiger charge is 2.57. The minimum Gasteiger partial charge on any atom is -0.491 e. The van der Waals surface area contributed by atoms with E-state index < -0.39 is 11.8 Å². The lowest BCUT2D eigenvalue weighted by Gasteiger charge is -2.19. The molecule has 1 aliphatic carbocycles. The van der Waals surface area contributed by atoms with E-state index in [1.165, 1.54) is 0 Å². The molecule has 0 spiro atoms. The molecule has 0 N–H and O–H groups in total. The molecule has 1 amide bonds. The zero-order valence-electron chi connectivity index (χ0n) is 19.3. The highest BCUT2D eigenvalue weighted by Crippen LogP contribution is 2.48. The number of carbonyl (C=O) groups excluding carboxylic acids is 1. The molecule has 3 atom stereocenters. The van der Waals surface area contributed by atoms with E-state index >= 15 is 0 Å². The van der Waals surface area contributed by atoms with Gasteiger partial charge in [0.05, 0.1) is 25.3 Å². The van der Waals surface area contributed by atoms with Crippen LogP contribution >= 0.6 is 0 Å². The lowest BCUT2D eigenvalue weighted by atomic mass is 9.97. The van der Waals surface area contributed by atoms with E-state index in [-0.39, 0.29) is 31.0 Å². The van der Waals surface area contributed by atoms with Crippen molar-refractivity contribution in [3.05, 3.63) is 48.2 Å². The smallest absolute Gasteiger partial charge is 0.255 e. The third-order valence-electron chi connectivity index (χ3n) is 6.33. The molecule has 1 saturated heterocycles. The second kappa shape index (κ2) is 9.53. The molecule has 2 heterocycles. The summed E-state index contributed by atoms with van der Waals surface area (Å²) in [7, 11) is 3.54. The minimum atomic E-state index is -2.57. The average molecular weight is 460 g/mol. The van der Waals surface area contributed by atoms with Crippen LogP contribution in [0.2, 0.25) is 0 Å². The van der Waals surface area contributed by atoms with Gasteiger partial charge in [0.2, 0.25) is 5.91 Å². The molecule has 1 aromatic heterocycles. The van der Waals surface area contributed by atoms with E-state index in [0.717, 1.165) is 36.6 Å². The van der Waals surface area contributed by atoms with Gasteiger partial charge in [-0.2, -0.15) is 0 Å². The Balaban J connectivity index is 1.25. The Hall–Kier alpha value is -2.90. The molecule has 1 saturated carbocycles. The number of amides is 1.